The second-order valence-electron chi connectivity index (χ2n) is 5.00. The highest BCUT2D eigenvalue weighted by Gasteiger charge is 2.42. The van der Waals surface area contributed by atoms with Crippen LogP contribution in [0.15, 0.2) is 0 Å². The highest BCUT2D eigenvalue weighted by Crippen LogP contribution is 2.42. The fourth-order valence-corrected chi connectivity index (χ4v) is 2.70. The van der Waals surface area contributed by atoms with E-state index in [0.717, 1.165) is 5.92 Å². The van der Waals surface area contributed by atoms with E-state index in [9.17, 15) is 0 Å². The quantitative estimate of drug-likeness (QED) is 0.711. The van der Waals surface area contributed by atoms with E-state index in [1.165, 1.54) is 45.2 Å². The van der Waals surface area contributed by atoms with E-state index in [4.69, 9.17) is 0 Å². The molecule has 2 heteroatoms. The van der Waals surface area contributed by atoms with Gasteiger partial charge in [0.05, 0.1) is 0 Å². The molecule has 1 heterocycles. The van der Waals surface area contributed by atoms with Crippen molar-refractivity contribution < 1.29 is 0 Å². The SMILES string of the molecule is CNC1(CC2CCCN(C)C2)CC1. The summed E-state index contributed by atoms with van der Waals surface area (Å²) >= 11 is 0. The lowest BCUT2D eigenvalue weighted by Crippen LogP contribution is -2.37. The first-order valence-electron chi connectivity index (χ1n) is 5.62. The van der Waals surface area contributed by atoms with Gasteiger partial charge in [0.15, 0.2) is 0 Å². The summed E-state index contributed by atoms with van der Waals surface area (Å²) in [5.74, 6) is 0.952. The lowest BCUT2D eigenvalue weighted by molar-refractivity contribution is 0.187. The molecular formula is C11H22N2. The largest absolute Gasteiger partial charge is 0.314 e. The summed E-state index contributed by atoms with van der Waals surface area (Å²) in [7, 11) is 4.38. The van der Waals surface area contributed by atoms with Crippen molar-refractivity contribution in [1.82, 2.24) is 10.2 Å². The summed E-state index contributed by atoms with van der Waals surface area (Å²) in [6, 6.07) is 0. The van der Waals surface area contributed by atoms with Crippen molar-refractivity contribution in [3.63, 3.8) is 0 Å². The summed E-state index contributed by atoms with van der Waals surface area (Å²) in [5.41, 5.74) is 0.558. The Labute approximate surface area is 81.7 Å². The van der Waals surface area contributed by atoms with Crippen molar-refractivity contribution in [2.45, 2.75) is 37.6 Å². The summed E-state index contributed by atoms with van der Waals surface area (Å²) in [5, 5.41) is 3.50. The predicted molar refractivity (Wildman–Crippen MR) is 55.9 cm³/mol. The fraction of sp³-hybridized carbons (Fsp3) is 1.00. The third-order valence-electron chi connectivity index (χ3n) is 3.79. The number of rotatable bonds is 3. The van der Waals surface area contributed by atoms with Crippen LogP contribution in [0.3, 0.4) is 0 Å². The highest BCUT2D eigenvalue weighted by molar-refractivity contribution is 5.02. The van der Waals surface area contributed by atoms with Gasteiger partial charge in [0, 0.05) is 12.1 Å². The van der Waals surface area contributed by atoms with Crippen LogP contribution < -0.4 is 5.32 Å². The molecule has 0 bridgehead atoms. The first kappa shape index (κ1) is 9.47. The molecule has 1 saturated heterocycles. The van der Waals surface area contributed by atoms with E-state index < -0.39 is 0 Å². The summed E-state index contributed by atoms with van der Waals surface area (Å²) < 4.78 is 0. The molecule has 76 valence electrons. The molecule has 1 unspecified atom stereocenters. The average Bonchev–Trinajstić information content (AvgIpc) is 2.86. The summed E-state index contributed by atoms with van der Waals surface area (Å²) in [6.45, 7) is 2.63. The van der Waals surface area contributed by atoms with Crippen molar-refractivity contribution in [2.75, 3.05) is 27.2 Å². The Morgan fingerprint density at radius 1 is 1.46 bits per heavy atom. The van der Waals surface area contributed by atoms with E-state index in [2.05, 4.69) is 24.3 Å². The Balaban J connectivity index is 1.80. The predicted octanol–water partition coefficient (Wildman–Crippen LogP) is 1.47. The zero-order valence-electron chi connectivity index (χ0n) is 8.97. The Morgan fingerprint density at radius 2 is 2.23 bits per heavy atom. The van der Waals surface area contributed by atoms with Crippen molar-refractivity contribution in [1.29, 1.82) is 0 Å². The third-order valence-corrected chi connectivity index (χ3v) is 3.79. The molecule has 1 aliphatic heterocycles. The van der Waals surface area contributed by atoms with Gasteiger partial charge in [0.25, 0.3) is 0 Å². The zero-order valence-corrected chi connectivity index (χ0v) is 8.97. The van der Waals surface area contributed by atoms with Crippen LogP contribution >= 0.6 is 0 Å². The number of piperidine rings is 1. The van der Waals surface area contributed by atoms with Gasteiger partial charge >= 0.3 is 0 Å². The van der Waals surface area contributed by atoms with Gasteiger partial charge in [-0.25, -0.2) is 0 Å². The van der Waals surface area contributed by atoms with Gasteiger partial charge in [0.1, 0.15) is 0 Å². The molecule has 1 atom stereocenters. The normalized spacial score (nSPS) is 33.2. The van der Waals surface area contributed by atoms with Gasteiger partial charge in [-0.05, 0) is 58.7 Å². The van der Waals surface area contributed by atoms with Gasteiger partial charge in [-0.1, -0.05) is 0 Å². The standard InChI is InChI=1S/C11H22N2/c1-12-11(5-6-11)8-10-4-3-7-13(2)9-10/h10,12H,3-9H2,1-2H3. The zero-order chi connectivity index (χ0) is 9.31. The molecule has 2 rings (SSSR count). The lowest BCUT2D eigenvalue weighted by Gasteiger charge is -2.32. The number of likely N-dealkylation sites (tertiary alicyclic amines) is 1. The lowest BCUT2D eigenvalue weighted by atomic mass is 9.90. The van der Waals surface area contributed by atoms with Gasteiger partial charge in [0.2, 0.25) is 0 Å². The van der Waals surface area contributed by atoms with Crippen LogP contribution in [0.2, 0.25) is 0 Å². The molecule has 0 aromatic rings. The molecule has 0 spiro atoms. The Morgan fingerprint density at radius 3 is 2.77 bits per heavy atom. The minimum atomic E-state index is 0.558. The molecule has 13 heavy (non-hydrogen) atoms. The topological polar surface area (TPSA) is 15.3 Å². The minimum absolute atomic E-state index is 0.558. The van der Waals surface area contributed by atoms with E-state index in [-0.39, 0.29) is 0 Å². The summed E-state index contributed by atoms with van der Waals surface area (Å²) in [4.78, 5) is 2.49. The van der Waals surface area contributed by atoms with E-state index in [1.54, 1.807) is 0 Å². The molecule has 0 aromatic carbocycles. The van der Waals surface area contributed by atoms with Crippen LogP contribution in [0.25, 0.3) is 0 Å². The van der Waals surface area contributed by atoms with E-state index in [1.807, 2.05) is 0 Å². The molecule has 0 amide bonds. The Kier molecular flexibility index (Phi) is 2.61. The fourth-order valence-electron chi connectivity index (χ4n) is 2.70. The van der Waals surface area contributed by atoms with Crippen LogP contribution in [-0.4, -0.2) is 37.6 Å². The minimum Gasteiger partial charge on any atom is -0.314 e. The molecule has 0 radical (unpaired) electrons. The van der Waals surface area contributed by atoms with Gasteiger partial charge < -0.3 is 10.2 Å². The molecule has 1 N–H and O–H groups in total. The van der Waals surface area contributed by atoms with Crippen molar-refractivity contribution in [3.05, 3.63) is 0 Å². The maximum Gasteiger partial charge on any atom is 0.0183 e. The maximum atomic E-state index is 3.50. The first-order valence-corrected chi connectivity index (χ1v) is 5.62. The molecule has 1 saturated carbocycles. The van der Waals surface area contributed by atoms with Crippen molar-refractivity contribution >= 4 is 0 Å². The van der Waals surface area contributed by atoms with Gasteiger partial charge in [-0.15, -0.1) is 0 Å². The number of nitrogens with one attached hydrogen (secondary N) is 1. The summed E-state index contributed by atoms with van der Waals surface area (Å²) in [6.07, 6.45) is 7.08. The molecule has 2 nitrogen and oxygen atoms in total. The highest BCUT2D eigenvalue weighted by atomic mass is 15.1. The molecule has 0 aromatic heterocycles. The van der Waals surface area contributed by atoms with Gasteiger partial charge in [-0.3, -0.25) is 0 Å². The van der Waals surface area contributed by atoms with Crippen molar-refractivity contribution in [2.24, 2.45) is 5.92 Å². The first-order chi connectivity index (χ1) is 6.24. The van der Waals surface area contributed by atoms with Gasteiger partial charge in [-0.2, -0.15) is 0 Å². The maximum absolute atomic E-state index is 3.50. The smallest absolute Gasteiger partial charge is 0.0183 e. The molecule has 1 aliphatic carbocycles. The second kappa shape index (κ2) is 3.58. The number of hydrogen-bond donors (Lipinski definition) is 1. The number of hydrogen-bond acceptors (Lipinski definition) is 2. The van der Waals surface area contributed by atoms with Crippen LogP contribution in [0.1, 0.15) is 32.1 Å². The second-order valence-corrected chi connectivity index (χ2v) is 5.00. The molecule has 2 aliphatic rings. The molecule has 2 fully saturated rings. The third kappa shape index (κ3) is 2.23. The van der Waals surface area contributed by atoms with Crippen LogP contribution in [0.4, 0.5) is 0 Å². The Bertz CT molecular complexity index is 175. The van der Waals surface area contributed by atoms with Crippen LogP contribution in [-0.2, 0) is 0 Å². The Hall–Kier alpha value is -0.0800. The van der Waals surface area contributed by atoms with Crippen molar-refractivity contribution in [3.8, 4) is 0 Å². The molecular weight excluding hydrogens is 160 g/mol. The van der Waals surface area contributed by atoms with Crippen LogP contribution in [0.5, 0.6) is 0 Å². The number of nitrogens with zero attached hydrogens (tertiary/aromatic N) is 1. The van der Waals surface area contributed by atoms with Crippen LogP contribution in [0, 0.1) is 5.92 Å². The van der Waals surface area contributed by atoms with E-state index >= 15 is 0 Å². The monoisotopic (exact) mass is 182 g/mol. The average molecular weight is 182 g/mol. The van der Waals surface area contributed by atoms with E-state index in [0.29, 0.717) is 5.54 Å².